The van der Waals surface area contributed by atoms with Crippen LogP contribution in [-0.4, -0.2) is 29.6 Å². The van der Waals surface area contributed by atoms with Crippen molar-refractivity contribution < 1.29 is 5.11 Å². The molecular weight excluding hydrogens is 200 g/mol. The molecule has 1 heterocycles. The Balaban J connectivity index is 1.78. The van der Waals surface area contributed by atoms with Crippen LogP contribution in [0.4, 0.5) is 0 Å². The largest absolute Gasteiger partial charge is 0.388 e. The van der Waals surface area contributed by atoms with Crippen molar-refractivity contribution in [3.63, 3.8) is 0 Å². The van der Waals surface area contributed by atoms with Gasteiger partial charge in [-0.1, -0.05) is 6.92 Å². The van der Waals surface area contributed by atoms with Crippen LogP contribution in [0.5, 0.6) is 0 Å². The van der Waals surface area contributed by atoms with Gasteiger partial charge in [0.2, 0.25) is 0 Å². The van der Waals surface area contributed by atoms with Gasteiger partial charge in [-0.15, -0.1) is 0 Å². The summed E-state index contributed by atoms with van der Waals surface area (Å²) in [5.41, 5.74) is -0.480. The molecular formula is C13H24N2O. The summed E-state index contributed by atoms with van der Waals surface area (Å²) in [5.74, 6) is 1.89. The van der Waals surface area contributed by atoms with Gasteiger partial charge < -0.3 is 10.4 Å². The summed E-state index contributed by atoms with van der Waals surface area (Å²) >= 11 is 0. The number of aliphatic imine (C=N–C) groups is 1. The van der Waals surface area contributed by atoms with Crippen LogP contribution in [0, 0.1) is 5.92 Å². The van der Waals surface area contributed by atoms with Crippen LogP contribution in [0.1, 0.15) is 51.9 Å². The van der Waals surface area contributed by atoms with Crippen LogP contribution in [-0.2, 0) is 0 Å². The number of aliphatic hydroxyl groups is 1. The molecule has 92 valence electrons. The molecule has 0 aromatic rings. The van der Waals surface area contributed by atoms with Gasteiger partial charge in [0.1, 0.15) is 0 Å². The maximum absolute atomic E-state index is 10.4. The van der Waals surface area contributed by atoms with E-state index in [9.17, 15) is 5.11 Å². The molecule has 2 rings (SSSR count). The molecule has 0 spiro atoms. The molecule has 3 heteroatoms. The van der Waals surface area contributed by atoms with Crippen molar-refractivity contribution in [1.29, 1.82) is 0 Å². The van der Waals surface area contributed by atoms with E-state index in [-0.39, 0.29) is 0 Å². The molecule has 0 bridgehead atoms. The van der Waals surface area contributed by atoms with Gasteiger partial charge in [-0.25, -0.2) is 0 Å². The Hall–Kier alpha value is -0.570. The maximum Gasteiger partial charge on any atom is 0.0964 e. The Kier molecular flexibility index (Phi) is 3.85. The lowest BCUT2D eigenvalue weighted by Gasteiger charge is -2.35. The molecule has 2 N–H and O–H groups in total. The Morgan fingerprint density at radius 2 is 2.12 bits per heavy atom. The molecule has 1 aliphatic heterocycles. The van der Waals surface area contributed by atoms with Gasteiger partial charge in [-0.05, 0) is 44.4 Å². The highest BCUT2D eigenvalue weighted by Gasteiger charge is 2.31. The second-order valence-corrected chi connectivity index (χ2v) is 5.55. The summed E-state index contributed by atoms with van der Waals surface area (Å²) in [5, 5.41) is 13.7. The zero-order valence-corrected chi connectivity index (χ0v) is 10.3. The average Bonchev–Trinajstić information content (AvgIpc) is 2.33. The zero-order chi connectivity index (χ0) is 11.4. The molecule has 1 fully saturated rings. The van der Waals surface area contributed by atoms with E-state index in [1.165, 1.54) is 12.8 Å². The standard InChI is InChI=1S/C13H24N2O/c1-11-5-7-13(16,8-6-11)10-15-12-4-2-3-9-14-12/h11,16H,2-10H2,1H3,(H,14,15). The van der Waals surface area contributed by atoms with E-state index in [0.717, 1.165) is 50.4 Å². The lowest BCUT2D eigenvalue weighted by Crippen LogP contribution is -2.45. The third kappa shape index (κ3) is 3.21. The number of rotatable bonds is 2. The first-order valence-corrected chi connectivity index (χ1v) is 6.68. The number of hydrogen-bond donors (Lipinski definition) is 2. The van der Waals surface area contributed by atoms with Crippen molar-refractivity contribution in [3.8, 4) is 0 Å². The molecule has 0 aromatic heterocycles. The van der Waals surface area contributed by atoms with Crippen molar-refractivity contribution in [2.45, 2.75) is 57.5 Å². The summed E-state index contributed by atoms with van der Waals surface area (Å²) < 4.78 is 0. The van der Waals surface area contributed by atoms with Crippen LogP contribution in [0.25, 0.3) is 0 Å². The van der Waals surface area contributed by atoms with Gasteiger partial charge in [0.25, 0.3) is 0 Å². The molecule has 0 saturated heterocycles. The van der Waals surface area contributed by atoms with Crippen LogP contribution in [0.15, 0.2) is 4.99 Å². The van der Waals surface area contributed by atoms with E-state index in [4.69, 9.17) is 0 Å². The molecule has 16 heavy (non-hydrogen) atoms. The number of amidine groups is 1. The molecule has 1 aliphatic carbocycles. The fraction of sp³-hybridized carbons (Fsp3) is 0.923. The fourth-order valence-electron chi connectivity index (χ4n) is 2.58. The topological polar surface area (TPSA) is 44.6 Å². The first-order valence-electron chi connectivity index (χ1n) is 6.68. The number of nitrogens with one attached hydrogen (secondary N) is 1. The Morgan fingerprint density at radius 1 is 1.38 bits per heavy atom. The van der Waals surface area contributed by atoms with Crippen molar-refractivity contribution in [3.05, 3.63) is 0 Å². The molecule has 3 nitrogen and oxygen atoms in total. The molecule has 1 saturated carbocycles. The van der Waals surface area contributed by atoms with Gasteiger partial charge in [0, 0.05) is 19.5 Å². The first-order chi connectivity index (χ1) is 7.68. The van der Waals surface area contributed by atoms with Gasteiger partial charge >= 0.3 is 0 Å². The van der Waals surface area contributed by atoms with Crippen LogP contribution in [0.3, 0.4) is 0 Å². The minimum absolute atomic E-state index is 0.480. The Bertz CT molecular complexity index is 255. The van der Waals surface area contributed by atoms with Crippen molar-refractivity contribution in [2.75, 3.05) is 13.1 Å². The summed E-state index contributed by atoms with van der Waals surface area (Å²) in [7, 11) is 0. The van der Waals surface area contributed by atoms with Crippen LogP contribution >= 0.6 is 0 Å². The van der Waals surface area contributed by atoms with E-state index >= 15 is 0 Å². The van der Waals surface area contributed by atoms with Crippen LogP contribution < -0.4 is 5.32 Å². The highest BCUT2D eigenvalue weighted by atomic mass is 16.3. The van der Waals surface area contributed by atoms with Crippen molar-refractivity contribution in [1.82, 2.24) is 5.32 Å². The normalized spacial score (nSPS) is 35.6. The summed E-state index contributed by atoms with van der Waals surface area (Å²) in [6.45, 7) is 3.93. The minimum atomic E-state index is -0.480. The molecule has 0 atom stereocenters. The van der Waals surface area contributed by atoms with E-state index in [0.29, 0.717) is 6.54 Å². The second-order valence-electron chi connectivity index (χ2n) is 5.55. The predicted molar refractivity (Wildman–Crippen MR) is 66.7 cm³/mol. The maximum atomic E-state index is 10.4. The summed E-state index contributed by atoms with van der Waals surface area (Å²) in [4.78, 5) is 4.45. The molecule has 2 aliphatic rings. The van der Waals surface area contributed by atoms with Crippen LogP contribution in [0.2, 0.25) is 0 Å². The second kappa shape index (κ2) is 5.17. The molecule has 0 amide bonds. The highest BCUT2D eigenvalue weighted by Crippen LogP contribution is 2.31. The Morgan fingerprint density at radius 3 is 2.75 bits per heavy atom. The van der Waals surface area contributed by atoms with E-state index in [1.54, 1.807) is 0 Å². The highest BCUT2D eigenvalue weighted by molar-refractivity contribution is 5.82. The van der Waals surface area contributed by atoms with Gasteiger partial charge in [-0.2, -0.15) is 0 Å². The SMILES string of the molecule is CC1CCC(O)(CNC2=NCCCC2)CC1. The summed E-state index contributed by atoms with van der Waals surface area (Å²) in [6, 6.07) is 0. The Labute approximate surface area is 98.3 Å². The lowest BCUT2D eigenvalue weighted by atomic mass is 9.79. The predicted octanol–water partition coefficient (Wildman–Crippen LogP) is 2.10. The van der Waals surface area contributed by atoms with Gasteiger partial charge in [-0.3, -0.25) is 4.99 Å². The average molecular weight is 224 g/mol. The van der Waals surface area contributed by atoms with Gasteiger partial charge in [0.05, 0.1) is 11.4 Å². The molecule has 0 radical (unpaired) electrons. The molecule has 0 unspecified atom stereocenters. The quantitative estimate of drug-likeness (QED) is 0.754. The first kappa shape index (κ1) is 11.9. The van der Waals surface area contributed by atoms with E-state index in [1.807, 2.05) is 0 Å². The minimum Gasteiger partial charge on any atom is -0.388 e. The van der Waals surface area contributed by atoms with Crippen molar-refractivity contribution >= 4 is 5.84 Å². The number of hydrogen-bond acceptors (Lipinski definition) is 3. The lowest BCUT2D eigenvalue weighted by molar-refractivity contribution is -0.00260. The third-order valence-electron chi connectivity index (χ3n) is 3.95. The number of nitrogens with zero attached hydrogens (tertiary/aromatic N) is 1. The zero-order valence-electron chi connectivity index (χ0n) is 10.3. The third-order valence-corrected chi connectivity index (χ3v) is 3.95. The summed E-state index contributed by atoms with van der Waals surface area (Å²) in [6.07, 6.45) is 7.71. The smallest absolute Gasteiger partial charge is 0.0964 e. The van der Waals surface area contributed by atoms with Crippen molar-refractivity contribution in [2.24, 2.45) is 10.9 Å². The monoisotopic (exact) mass is 224 g/mol. The van der Waals surface area contributed by atoms with E-state index in [2.05, 4.69) is 17.2 Å². The van der Waals surface area contributed by atoms with Gasteiger partial charge in [0.15, 0.2) is 0 Å². The molecule has 0 aromatic carbocycles. The fourth-order valence-corrected chi connectivity index (χ4v) is 2.58. The van der Waals surface area contributed by atoms with E-state index < -0.39 is 5.60 Å².